The van der Waals surface area contributed by atoms with Gasteiger partial charge in [0.25, 0.3) is 10.0 Å². The van der Waals surface area contributed by atoms with Crippen molar-refractivity contribution in [2.24, 2.45) is 0 Å². The minimum atomic E-state index is -4.74. The van der Waals surface area contributed by atoms with Crippen molar-refractivity contribution in [1.29, 1.82) is 0 Å². The molecule has 1 unspecified atom stereocenters. The summed E-state index contributed by atoms with van der Waals surface area (Å²) in [6.07, 6.45) is -4.81. The molecule has 13 heteroatoms. The predicted molar refractivity (Wildman–Crippen MR) is 136 cm³/mol. The number of rotatable bonds is 6. The molecule has 0 aliphatic carbocycles. The summed E-state index contributed by atoms with van der Waals surface area (Å²) in [5, 5.41) is 2.53. The summed E-state index contributed by atoms with van der Waals surface area (Å²) in [6.45, 7) is 4.68. The van der Waals surface area contributed by atoms with E-state index >= 15 is 0 Å². The van der Waals surface area contributed by atoms with E-state index in [2.05, 4.69) is 10.3 Å². The van der Waals surface area contributed by atoms with E-state index in [0.717, 1.165) is 22.5 Å². The van der Waals surface area contributed by atoms with Crippen LogP contribution in [0.25, 0.3) is 0 Å². The lowest BCUT2D eigenvalue weighted by molar-refractivity contribution is -0.137. The van der Waals surface area contributed by atoms with Crippen molar-refractivity contribution in [3.05, 3.63) is 72.4 Å². The number of sulfonamides is 1. The number of pyridine rings is 1. The van der Waals surface area contributed by atoms with E-state index in [9.17, 15) is 26.4 Å². The Morgan fingerprint density at radius 1 is 1.10 bits per heavy atom. The van der Waals surface area contributed by atoms with Gasteiger partial charge >= 0.3 is 12.3 Å². The van der Waals surface area contributed by atoms with E-state index in [1.807, 2.05) is 0 Å². The number of carbonyl (C=O) groups excluding carboxylic acids is 1. The highest BCUT2D eigenvalue weighted by Crippen LogP contribution is 2.40. The first-order valence-corrected chi connectivity index (χ1v) is 13.2. The quantitative estimate of drug-likeness (QED) is 0.422. The summed E-state index contributed by atoms with van der Waals surface area (Å²) in [7, 11) is -4.51. The maximum atomic E-state index is 13.7. The molecule has 39 heavy (non-hydrogen) atoms. The fourth-order valence-electron chi connectivity index (χ4n) is 3.70. The number of ether oxygens (including phenoxy) is 3. The summed E-state index contributed by atoms with van der Waals surface area (Å²) in [4.78, 5) is 15.8. The van der Waals surface area contributed by atoms with Crippen LogP contribution in [0.5, 0.6) is 11.6 Å². The third-order valence-electron chi connectivity index (χ3n) is 5.34. The van der Waals surface area contributed by atoms with Crippen molar-refractivity contribution >= 4 is 27.5 Å². The van der Waals surface area contributed by atoms with Gasteiger partial charge in [-0.05, 0) is 63.2 Å². The normalized spacial score (nSPS) is 15.6. The Morgan fingerprint density at radius 2 is 1.87 bits per heavy atom. The molecule has 1 aromatic heterocycles. The number of amides is 1. The van der Waals surface area contributed by atoms with Gasteiger partial charge in [0.15, 0.2) is 6.10 Å². The molecule has 0 radical (unpaired) electrons. The van der Waals surface area contributed by atoms with Crippen LogP contribution in [0.1, 0.15) is 26.3 Å². The summed E-state index contributed by atoms with van der Waals surface area (Å²) < 4.78 is 85.2. The van der Waals surface area contributed by atoms with Gasteiger partial charge in [-0.25, -0.2) is 18.2 Å². The number of halogens is 3. The van der Waals surface area contributed by atoms with Gasteiger partial charge in [0, 0.05) is 18.0 Å². The van der Waals surface area contributed by atoms with Crippen LogP contribution in [0.15, 0.2) is 71.8 Å². The molecule has 208 valence electrons. The lowest BCUT2D eigenvalue weighted by Gasteiger charge is -2.35. The van der Waals surface area contributed by atoms with Crippen molar-refractivity contribution in [3.8, 4) is 11.6 Å². The first-order valence-electron chi connectivity index (χ1n) is 11.8. The van der Waals surface area contributed by atoms with Gasteiger partial charge in [0.2, 0.25) is 5.88 Å². The van der Waals surface area contributed by atoms with Crippen molar-refractivity contribution in [1.82, 2.24) is 4.98 Å². The Balaban J connectivity index is 1.69. The number of nitrogens with one attached hydrogen (secondary N) is 1. The lowest BCUT2D eigenvalue weighted by atomic mass is 10.2. The molecule has 2 heterocycles. The topological polar surface area (TPSA) is 107 Å². The third kappa shape index (κ3) is 6.91. The number of hydrogen-bond donors (Lipinski definition) is 1. The highest BCUT2D eigenvalue weighted by Gasteiger charge is 2.37. The monoisotopic (exact) mass is 565 g/mol. The fourth-order valence-corrected chi connectivity index (χ4v) is 5.24. The molecule has 0 fully saturated rings. The molecule has 1 aliphatic rings. The number of nitrogens with zero attached hydrogens (tertiary/aromatic N) is 2. The first-order chi connectivity index (χ1) is 18.2. The molecular formula is C26H26F3N3O6S. The first kappa shape index (κ1) is 28.0. The number of carbonyl (C=O) groups is 1. The largest absolute Gasteiger partial charge is 0.483 e. The van der Waals surface area contributed by atoms with Crippen molar-refractivity contribution in [2.45, 2.75) is 43.5 Å². The molecule has 0 spiro atoms. The number of aromatic nitrogens is 1. The van der Waals surface area contributed by atoms with Crippen molar-refractivity contribution in [3.63, 3.8) is 0 Å². The number of anilines is 2. The van der Waals surface area contributed by atoms with Gasteiger partial charge in [-0.2, -0.15) is 13.2 Å². The smallest absolute Gasteiger partial charge is 0.416 e. The summed E-state index contributed by atoms with van der Waals surface area (Å²) in [5.74, 6) is 0.414. The number of fused-ring (bicyclic) bond motifs is 1. The Labute approximate surface area is 223 Å². The average molecular weight is 566 g/mol. The van der Waals surface area contributed by atoms with Crippen molar-refractivity contribution < 1.29 is 40.6 Å². The van der Waals surface area contributed by atoms with E-state index in [-0.39, 0.29) is 36.2 Å². The minimum Gasteiger partial charge on any atom is -0.483 e. The Hall–Kier alpha value is -4.00. The molecule has 3 aromatic rings. The molecule has 4 rings (SSSR count). The fraction of sp³-hybridized carbons (Fsp3) is 0.308. The van der Waals surface area contributed by atoms with Crippen LogP contribution >= 0.6 is 0 Å². The molecule has 2 aromatic carbocycles. The Bertz CT molecular complexity index is 1440. The molecule has 1 atom stereocenters. The van der Waals surface area contributed by atoms with Gasteiger partial charge in [0.1, 0.15) is 18.0 Å². The van der Waals surface area contributed by atoms with Gasteiger partial charge in [-0.15, -0.1) is 0 Å². The zero-order valence-corrected chi connectivity index (χ0v) is 22.0. The molecule has 0 saturated heterocycles. The van der Waals surface area contributed by atoms with E-state index in [4.69, 9.17) is 14.2 Å². The molecule has 1 aliphatic heterocycles. The van der Waals surface area contributed by atoms with Crippen LogP contribution in [0, 0.1) is 0 Å². The van der Waals surface area contributed by atoms with Gasteiger partial charge < -0.3 is 14.2 Å². The van der Waals surface area contributed by atoms with Crippen LogP contribution in [0.3, 0.4) is 0 Å². The summed E-state index contributed by atoms with van der Waals surface area (Å²) in [6, 6.07) is 12.8. The molecule has 0 saturated carbocycles. The maximum absolute atomic E-state index is 13.7. The SMILES string of the molecule is CC(C)(C)OC(=O)Nc1ccc2c(c1)N(S(=O)(=O)c1cccc(C(F)(F)F)c1)CC(COc1ccccn1)O2. The molecule has 0 bridgehead atoms. The van der Waals surface area contributed by atoms with E-state index < -0.39 is 44.5 Å². The number of alkyl halides is 3. The maximum Gasteiger partial charge on any atom is 0.416 e. The zero-order valence-electron chi connectivity index (χ0n) is 21.2. The standard InChI is InChI=1S/C26H26F3N3O6S/c1-25(2,3)38-24(33)31-18-10-11-22-21(14-18)32(15-19(37-22)16-36-23-9-4-5-12-30-23)39(34,35)20-8-6-7-17(13-20)26(27,28)29/h4-14,19H,15-16H2,1-3H3,(H,31,33). The predicted octanol–water partition coefficient (Wildman–Crippen LogP) is 5.48. The number of benzene rings is 2. The summed E-state index contributed by atoms with van der Waals surface area (Å²) in [5.41, 5.74) is -1.66. The van der Waals surface area contributed by atoms with Gasteiger partial charge in [0.05, 0.1) is 22.7 Å². The Kier molecular flexibility index (Phi) is 7.64. The van der Waals surface area contributed by atoms with Crippen LogP contribution in [0.4, 0.5) is 29.3 Å². The zero-order chi connectivity index (χ0) is 28.4. The molecule has 1 N–H and O–H groups in total. The second-order valence-corrected chi connectivity index (χ2v) is 11.5. The average Bonchev–Trinajstić information content (AvgIpc) is 2.86. The van der Waals surface area contributed by atoms with Crippen molar-refractivity contribution in [2.75, 3.05) is 22.8 Å². The Morgan fingerprint density at radius 3 is 2.54 bits per heavy atom. The van der Waals surface area contributed by atoms with E-state index in [1.165, 1.54) is 24.4 Å². The summed E-state index contributed by atoms with van der Waals surface area (Å²) >= 11 is 0. The van der Waals surface area contributed by atoms with E-state index in [0.29, 0.717) is 6.07 Å². The lowest BCUT2D eigenvalue weighted by Crippen LogP contribution is -2.46. The van der Waals surface area contributed by atoms with Crippen LogP contribution in [-0.2, 0) is 20.9 Å². The minimum absolute atomic E-state index is 0.0232. The van der Waals surface area contributed by atoms with Gasteiger partial charge in [-0.3, -0.25) is 9.62 Å². The van der Waals surface area contributed by atoms with E-state index in [1.54, 1.807) is 39.0 Å². The molecular weight excluding hydrogens is 539 g/mol. The van der Waals surface area contributed by atoms with Crippen LogP contribution < -0.4 is 19.1 Å². The molecule has 9 nitrogen and oxygen atoms in total. The second-order valence-electron chi connectivity index (χ2n) is 9.59. The van der Waals surface area contributed by atoms with Crippen LogP contribution in [0.2, 0.25) is 0 Å². The van der Waals surface area contributed by atoms with Gasteiger partial charge in [-0.1, -0.05) is 12.1 Å². The number of hydrogen-bond acceptors (Lipinski definition) is 7. The van der Waals surface area contributed by atoms with Crippen LogP contribution in [-0.4, -0.2) is 44.4 Å². The third-order valence-corrected chi connectivity index (χ3v) is 7.12. The highest BCUT2D eigenvalue weighted by atomic mass is 32.2. The highest BCUT2D eigenvalue weighted by molar-refractivity contribution is 7.92. The molecule has 1 amide bonds. The second kappa shape index (κ2) is 10.6.